The zero-order chi connectivity index (χ0) is 11.1. The van der Waals surface area contributed by atoms with Gasteiger partial charge in [-0.2, -0.15) is 4.98 Å². The van der Waals surface area contributed by atoms with E-state index < -0.39 is 0 Å². The highest BCUT2D eigenvalue weighted by molar-refractivity contribution is 7.71. The predicted octanol–water partition coefficient (Wildman–Crippen LogP) is -4.02. The molecule has 1 aromatic heterocycles. The Morgan fingerprint density at radius 3 is 2.41 bits per heavy atom. The van der Waals surface area contributed by atoms with Crippen molar-refractivity contribution in [1.29, 1.82) is 0 Å². The summed E-state index contributed by atoms with van der Waals surface area (Å²) in [6.07, 6.45) is 5.03. The van der Waals surface area contributed by atoms with Crippen LogP contribution in [0.4, 0.5) is 5.95 Å². The Labute approximate surface area is 124 Å². The molecule has 0 spiro atoms. The minimum atomic E-state index is 0. The van der Waals surface area contributed by atoms with Gasteiger partial charge in [-0.1, -0.05) is 19.8 Å². The number of aromatic nitrogens is 3. The van der Waals surface area contributed by atoms with Gasteiger partial charge in [0, 0.05) is 0 Å². The monoisotopic (exact) mass is 315 g/mol. The molecule has 4 nitrogen and oxygen atoms in total. The Bertz CT molecular complexity index is 376. The summed E-state index contributed by atoms with van der Waals surface area (Å²) in [5.74, 6) is 0.778. The molecule has 0 aliphatic heterocycles. The summed E-state index contributed by atoms with van der Waals surface area (Å²) in [4.78, 5) is 9.86. The summed E-state index contributed by atoms with van der Waals surface area (Å²) in [5, 5.41) is 2.05. The highest BCUT2D eigenvalue weighted by Crippen LogP contribution is 1.96. The smallest absolute Gasteiger partial charge is 0.307 e. The maximum Gasteiger partial charge on any atom is 0.307 e. The van der Waals surface area contributed by atoms with Crippen LogP contribution in [0.2, 0.25) is 0 Å². The molecule has 17 heavy (non-hydrogen) atoms. The van der Waals surface area contributed by atoms with E-state index in [0.29, 0.717) is 9.54 Å². The van der Waals surface area contributed by atoms with Crippen molar-refractivity contribution >= 4 is 30.4 Å². The first-order valence-corrected chi connectivity index (χ1v) is 6.08. The third-order valence-corrected chi connectivity index (χ3v) is 2.48. The van der Waals surface area contributed by atoms with Crippen LogP contribution in [0.25, 0.3) is 0 Å². The van der Waals surface area contributed by atoms with Crippen molar-refractivity contribution in [3.05, 3.63) is 9.54 Å². The fourth-order valence-electron chi connectivity index (χ4n) is 1.32. The largest absolute Gasteiger partial charge is 1.00 e. The molecular formula is C9H17Cl2N4S2-. The van der Waals surface area contributed by atoms with Crippen molar-refractivity contribution in [2.24, 2.45) is 0 Å². The average molecular weight is 316 g/mol. The van der Waals surface area contributed by atoms with Crippen LogP contribution in [0.15, 0.2) is 0 Å². The topological polar surface area (TPSA) is 61.1 Å². The SMILES string of the molecule is CCCCCC[NH2+]c1nc(=S)[nH]c(=S)[nH]1.[Cl-].[Cl-]. The fraction of sp³-hybridized carbons (Fsp3) is 0.667. The van der Waals surface area contributed by atoms with Crippen molar-refractivity contribution in [3.63, 3.8) is 0 Å². The second kappa shape index (κ2) is 11.1. The molecule has 1 rings (SSSR count). The van der Waals surface area contributed by atoms with Gasteiger partial charge in [0.2, 0.25) is 4.77 Å². The molecular weight excluding hydrogens is 299 g/mol. The summed E-state index contributed by atoms with van der Waals surface area (Å²) in [7, 11) is 0. The van der Waals surface area contributed by atoms with Crippen LogP contribution in [0.5, 0.6) is 0 Å². The van der Waals surface area contributed by atoms with Gasteiger partial charge >= 0.3 is 5.95 Å². The second-order valence-corrected chi connectivity index (χ2v) is 4.23. The van der Waals surface area contributed by atoms with Gasteiger partial charge in [0.1, 0.15) is 0 Å². The van der Waals surface area contributed by atoms with E-state index in [1.54, 1.807) is 0 Å². The molecule has 0 radical (unpaired) electrons. The van der Waals surface area contributed by atoms with E-state index in [-0.39, 0.29) is 24.8 Å². The normalized spacial score (nSPS) is 9.24. The lowest BCUT2D eigenvalue weighted by atomic mass is 10.2. The van der Waals surface area contributed by atoms with Crippen molar-refractivity contribution in [2.75, 3.05) is 6.54 Å². The number of halogens is 2. The average Bonchev–Trinajstić information content (AvgIpc) is 2.16. The Morgan fingerprint density at radius 2 is 1.82 bits per heavy atom. The molecule has 0 saturated heterocycles. The lowest BCUT2D eigenvalue weighted by Crippen LogP contribution is -3.00. The van der Waals surface area contributed by atoms with E-state index in [9.17, 15) is 0 Å². The van der Waals surface area contributed by atoms with Crippen molar-refractivity contribution in [2.45, 2.75) is 32.6 Å². The van der Waals surface area contributed by atoms with E-state index in [1.165, 1.54) is 25.7 Å². The van der Waals surface area contributed by atoms with Gasteiger partial charge in [-0.3, -0.25) is 10.3 Å². The number of unbranched alkanes of at least 4 members (excludes halogenated alkanes) is 3. The predicted molar refractivity (Wildman–Crippen MR) is 65.2 cm³/mol. The molecule has 0 unspecified atom stereocenters. The van der Waals surface area contributed by atoms with E-state index in [0.717, 1.165) is 12.5 Å². The van der Waals surface area contributed by atoms with E-state index in [1.807, 2.05) is 0 Å². The van der Waals surface area contributed by atoms with E-state index in [2.05, 4.69) is 27.2 Å². The lowest BCUT2D eigenvalue weighted by molar-refractivity contribution is -0.579. The van der Waals surface area contributed by atoms with Crippen LogP contribution in [0.3, 0.4) is 0 Å². The van der Waals surface area contributed by atoms with Gasteiger partial charge in [-0.25, -0.2) is 0 Å². The molecule has 0 atom stereocenters. The summed E-state index contributed by atoms with van der Waals surface area (Å²) in [6, 6.07) is 0. The molecule has 0 saturated carbocycles. The molecule has 0 aromatic carbocycles. The number of nitrogens with two attached hydrogens (primary N) is 1. The second-order valence-electron chi connectivity index (χ2n) is 3.43. The molecule has 100 valence electrons. The van der Waals surface area contributed by atoms with Crippen LogP contribution in [0, 0.1) is 9.54 Å². The molecule has 0 aliphatic rings. The van der Waals surface area contributed by atoms with Crippen LogP contribution in [-0.4, -0.2) is 21.5 Å². The summed E-state index contributed by atoms with van der Waals surface area (Å²) in [6.45, 7) is 3.23. The zero-order valence-corrected chi connectivity index (χ0v) is 12.8. The lowest BCUT2D eigenvalue weighted by Gasteiger charge is -1.99. The number of rotatable bonds is 6. The number of nitrogens with zero attached hydrogens (tertiary/aromatic N) is 1. The number of nitrogens with one attached hydrogen (secondary N) is 2. The molecule has 8 heteroatoms. The standard InChI is InChI=1S/C9H16N4S2.2ClH/c1-2-3-4-5-6-10-7-11-8(14)13-9(15)12-7;;/h2-6H2,1H3,(H3,10,11,12,13,14,15);2*1H/p-1. The summed E-state index contributed by atoms with van der Waals surface area (Å²) < 4.78 is 0.980. The molecule has 4 N–H and O–H groups in total. The first kappa shape index (κ1) is 19.3. The van der Waals surface area contributed by atoms with Crippen molar-refractivity contribution in [1.82, 2.24) is 15.0 Å². The molecule has 1 heterocycles. The molecule has 0 amide bonds. The van der Waals surface area contributed by atoms with Crippen LogP contribution < -0.4 is 30.1 Å². The number of hydrogen-bond donors (Lipinski definition) is 3. The van der Waals surface area contributed by atoms with Gasteiger partial charge in [-0.15, -0.1) is 0 Å². The minimum Gasteiger partial charge on any atom is -1.00 e. The third kappa shape index (κ3) is 8.68. The van der Waals surface area contributed by atoms with Crippen LogP contribution >= 0.6 is 24.4 Å². The first-order valence-electron chi connectivity index (χ1n) is 5.26. The highest BCUT2D eigenvalue weighted by atomic mass is 35.5. The highest BCUT2D eigenvalue weighted by Gasteiger charge is 1.98. The summed E-state index contributed by atoms with van der Waals surface area (Å²) in [5.41, 5.74) is 0. The molecule has 1 aromatic rings. The maximum atomic E-state index is 4.97. The van der Waals surface area contributed by atoms with Gasteiger partial charge in [0.05, 0.1) is 6.54 Å². The summed E-state index contributed by atoms with van der Waals surface area (Å²) >= 11 is 9.90. The zero-order valence-electron chi connectivity index (χ0n) is 9.63. The number of quaternary nitrogens is 1. The molecule has 0 bridgehead atoms. The molecule has 0 aliphatic carbocycles. The number of H-pyrrole nitrogens is 2. The Hall–Kier alpha value is -0.0100. The Morgan fingerprint density at radius 1 is 1.12 bits per heavy atom. The minimum absolute atomic E-state index is 0. The van der Waals surface area contributed by atoms with Gasteiger partial charge < -0.3 is 29.8 Å². The van der Waals surface area contributed by atoms with Gasteiger partial charge in [-0.05, 0) is 37.3 Å². The van der Waals surface area contributed by atoms with Gasteiger partial charge in [0.15, 0.2) is 4.77 Å². The Kier molecular flexibility index (Phi) is 12.6. The van der Waals surface area contributed by atoms with Crippen molar-refractivity contribution in [3.8, 4) is 0 Å². The molecule has 0 fully saturated rings. The third-order valence-electron chi connectivity index (χ3n) is 2.08. The first-order chi connectivity index (χ1) is 7.22. The number of hydrogen-bond acceptors (Lipinski definition) is 3. The number of aromatic amines is 2. The fourth-order valence-corrected chi connectivity index (χ4v) is 1.78. The maximum absolute atomic E-state index is 4.97. The van der Waals surface area contributed by atoms with E-state index >= 15 is 0 Å². The van der Waals surface area contributed by atoms with Crippen molar-refractivity contribution < 1.29 is 30.1 Å². The van der Waals surface area contributed by atoms with Crippen LogP contribution in [-0.2, 0) is 0 Å². The van der Waals surface area contributed by atoms with E-state index in [4.69, 9.17) is 24.4 Å². The Balaban J connectivity index is 0. The van der Waals surface area contributed by atoms with Crippen LogP contribution in [0.1, 0.15) is 32.6 Å². The quantitative estimate of drug-likeness (QED) is 0.370. The van der Waals surface area contributed by atoms with Gasteiger partial charge in [0.25, 0.3) is 0 Å².